The van der Waals surface area contributed by atoms with E-state index in [1.165, 1.54) is 13.4 Å². The van der Waals surface area contributed by atoms with Crippen LogP contribution in [-0.4, -0.2) is 57.2 Å². The van der Waals surface area contributed by atoms with Gasteiger partial charge in [0.2, 0.25) is 0 Å². The Morgan fingerprint density at radius 2 is 1.84 bits per heavy atom. The van der Waals surface area contributed by atoms with Crippen molar-refractivity contribution in [1.82, 2.24) is 29.5 Å². The average molecular weight is 646 g/mol. The first-order valence-corrected chi connectivity index (χ1v) is 18.6. The van der Waals surface area contributed by atoms with Crippen LogP contribution in [-0.2, 0) is 27.4 Å². The van der Waals surface area contributed by atoms with Crippen LogP contribution in [0.5, 0.6) is 11.8 Å². The molecule has 0 aliphatic rings. The van der Waals surface area contributed by atoms with E-state index in [2.05, 4.69) is 44.6 Å². The summed E-state index contributed by atoms with van der Waals surface area (Å²) in [6.45, 7) is 9.63. The lowest BCUT2D eigenvalue weighted by molar-refractivity contribution is -0.140. The number of fused-ring (bicyclic) bond motifs is 1. The topological polar surface area (TPSA) is 140 Å². The molecule has 0 fully saturated rings. The van der Waals surface area contributed by atoms with E-state index in [1.54, 1.807) is 24.5 Å². The summed E-state index contributed by atoms with van der Waals surface area (Å²) >= 11 is 6.37. The molecule has 234 valence electrons. The molecule has 1 aromatic carbocycles. The van der Waals surface area contributed by atoms with Crippen molar-refractivity contribution in [1.29, 1.82) is 0 Å². The number of rotatable bonds is 12. The van der Waals surface area contributed by atoms with Gasteiger partial charge in [-0.15, -0.1) is 0 Å². The molecule has 0 unspecified atom stereocenters. The summed E-state index contributed by atoms with van der Waals surface area (Å²) in [6.07, 6.45) is 5.36. The van der Waals surface area contributed by atoms with Crippen molar-refractivity contribution in [3.63, 3.8) is 0 Å². The van der Waals surface area contributed by atoms with E-state index in [-0.39, 0.29) is 25.1 Å². The molecule has 0 saturated heterocycles. The first kappa shape index (κ1) is 32.0. The van der Waals surface area contributed by atoms with Crippen molar-refractivity contribution in [3.8, 4) is 34.1 Å². The molecule has 5 aromatic rings. The number of nitrogens with zero attached hydrogens (tertiary/aromatic N) is 6. The number of carbonyl (C=O) groups is 1. The van der Waals surface area contributed by atoms with E-state index in [9.17, 15) is 4.79 Å². The second kappa shape index (κ2) is 13.7. The molecule has 2 N–H and O–H groups in total. The van der Waals surface area contributed by atoms with Crippen LogP contribution >= 0.6 is 11.6 Å². The van der Waals surface area contributed by atoms with Gasteiger partial charge in [0.15, 0.2) is 0 Å². The summed E-state index contributed by atoms with van der Waals surface area (Å²) in [7, 11) is 0.0420. The number of esters is 1. The van der Waals surface area contributed by atoms with E-state index in [4.69, 9.17) is 31.5 Å². The number of aryl methyl sites for hydroxylation is 2. The van der Waals surface area contributed by atoms with Gasteiger partial charge in [-0.3, -0.25) is 4.79 Å². The third kappa shape index (κ3) is 7.64. The number of aromatic nitrogens is 6. The zero-order valence-corrected chi connectivity index (χ0v) is 27.8. The number of hydrogen-bond acceptors (Lipinski definition) is 10. The minimum atomic E-state index is -1.33. The van der Waals surface area contributed by atoms with Gasteiger partial charge in [0, 0.05) is 50.3 Å². The molecular formula is C32H36ClN7O4Si. The second-order valence-electron chi connectivity index (χ2n) is 11.8. The van der Waals surface area contributed by atoms with Gasteiger partial charge in [-0.1, -0.05) is 43.4 Å². The number of anilines is 1. The highest BCUT2D eigenvalue weighted by molar-refractivity contribution is 6.76. The van der Waals surface area contributed by atoms with Crippen molar-refractivity contribution in [2.75, 3.05) is 19.5 Å². The number of carbonyl (C=O) groups excluding carboxylic acids is 1. The quantitative estimate of drug-likeness (QED) is 0.0674. The number of hydrogen-bond donors (Lipinski definition) is 1. The number of ether oxygens (including phenoxy) is 3. The van der Waals surface area contributed by atoms with Crippen molar-refractivity contribution in [3.05, 3.63) is 71.5 Å². The minimum absolute atomic E-state index is 0.168. The standard InChI is InChI=1S/C32H36ClN7O4Si/c1-20-12-13-35-32(39-20)44-23-9-6-21(7-10-23)27-28-30(34)37-18-38-31(28)40(19-43-14-15-45(3,4)5)29(27)24-17-36-25(33)16-22(24)8-11-26(41)42-2/h6-7,9-10,12-13,16-18H,8,11,14-15,19H2,1-5H3,(H2,34,37,38). The predicted molar refractivity (Wildman–Crippen MR) is 177 cm³/mol. The Morgan fingerprint density at radius 3 is 2.56 bits per heavy atom. The molecule has 0 aliphatic carbocycles. The summed E-state index contributed by atoms with van der Waals surface area (Å²) in [4.78, 5) is 34.1. The molecule has 0 radical (unpaired) electrons. The molecule has 4 heterocycles. The summed E-state index contributed by atoms with van der Waals surface area (Å²) in [6, 6.07) is 12.4. The summed E-state index contributed by atoms with van der Waals surface area (Å²) in [5.41, 5.74) is 11.9. The van der Waals surface area contributed by atoms with Gasteiger partial charge in [-0.25, -0.2) is 24.9 Å². The largest absolute Gasteiger partial charge is 0.469 e. The molecule has 0 atom stereocenters. The highest BCUT2D eigenvalue weighted by Crippen LogP contribution is 2.44. The van der Waals surface area contributed by atoms with Gasteiger partial charge in [0.25, 0.3) is 0 Å². The molecule has 0 saturated carbocycles. The van der Waals surface area contributed by atoms with E-state index >= 15 is 0 Å². The number of halogens is 1. The molecule has 0 spiro atoms. The van der Waals surface area contributed by atoms with Crippen LogP contribution in [0.1, 0.15) is 17.7 Å². The Bertz CT molecular complexity index is 1820. The molecule has 4 aromatic heterocycles. The zero-order valence-electron chi connectivity index (χ0n) is 26.0. The molecule has 0 bridgehead atoms. The van der Waals surface area contributed by atoms with E-state index in [0.717, 1.165) is 39.7 Å². The fourth-order valence-corrected chi connectivity index (χ4v) is 5.85. The van der Waals surface area contributed by atoms with E-state index in [1.807, 2.05) is 35.8 Å². The maximum Gasteiger partial charge on any atom is 0.322 e. The molecular weight excluding hydrogens is 610 g/mol. The average Bonchev–Trinajstić information content (AvgIpc) is 3.33. The SMILES string of the molecule is COC(=O)CCc1cc(Cl)ncc1-c1c(-c2ccc(Oc3nccc(C)n3)cc2)c2c(N)ncnc2n1COCC[Si](C)(C)C. The van der Waals surface area contributed by atoms with Gasteiger partial charge in [-0.05, 0) is 54.8 Å². The van der Waals surface area contributed by atoms with Crippen LogP contribution in [0.3, 0.4) is 0 Å². The van der Waals surface area contributed by atoms with Gasteiger partial charge in [0.1, 0.15) is 35.4 Å². The zero-order chi connectivity index (χ0) is 32.1. The van der Waals surface area contributed by atoms with Gasteiger partial charge in [0.05, 0.1) is 18.2 Å². The number of pyridine rings is 1. The van der Waals surface area contributed by atoms with Crippen LogP contribution in [0.25, 0.3) is 33.4 Å². The highest BCUT2D eigenvalue weighted by Gasteiger charge is 2.26. The monoisotopic (exact) mass is 645 g/mol. The first-order valence-electron chi connectivity index (χ1n) is 14.5. The summed E-state index contributed by atoms with van der Waals surface area (Å²) < 4.78 is 19.1. The normalized spacial score (nSPS) is 11.6. The third-order valence-corrected chi connectivity index (χ3v) is 9.16. The fourth-order valence-electron chi connectivity index (χ4n) is 4.91. The smallest absolute Gasteiger partial charge is 0.322 e. The predicted octanol–water partition coefficient (Wildman–Crippen LogP) is 6.70. The summed E-state index contributed by atoms with van der Waals surface area (Å²) in [5, 5.41) is 0.985. The Kier molecular flexibility index (Phi) is 9.76. The summed E-state index contributed by atoms with van der Waals surface area (Å²) in [5.74, 6) is 0.566. The van der Waals surface area contributed by atoms with Crippen molar-refractivity contribution in [2.45, 2.75) is 52.2 Å². The molecule has 45 heavy (non-hydrogen) atoms. The lowest BCUT2D eigenvalue weighted by atomic mass is 9.95. The lowest BCUT2D eigenvalue weighted by Gasteiger charge is -2.18. The van der Waals surface area contributed by atoms with E-state index < -0.39 is 8.07 Å². The Labute approximate surface area is 267 Å². The fraction of sp³-hybridized carbons (Fsp3) is 0.312. The first-order chi connectivity index (χ1) is 21.5. The van der Waals surface area contributed by atoms with Crippen LogP contribution in [0.2, 0.25) is 30.8 Å². The Balaban J connectivity index is 1.67. The maximum absolute atomic E-state index is 12.1. The van der Waals surface area contributed by atoms with Gasteiger partial charge < -0.3 is 24.5 Å². The number of nitrogens with two attached hydrogens (primary N) is 1. The van der Waals surface area contributed by atoms with Crippen molar-refractivity contribution in [2.24, 2.45) is 0 Å². The molecule has 11 nitrogen and oxygen atoms in total. The Morgan fingerprint density at radius 1 is 1.07 bits per heavy atom. The second-order valence-corrected chi connectivity index (χ2v) is 17.8. The molecule has 5 rings (SSSR count). The van der Waals surface area contributed by atoms with Gasteiger partial charge >= 0.3 is 12.0 Å². The number of methoxy groups -OCH3 is 1. The Hall–Kier alpha value is -4.39. The third-order valence-electron chi connectivity index (χ3n) is 7.25. The van der Waals surface area contributed by atoms with Crippen molar-refractivity contribution >= 4 is 42.5 Å². The van der Waals surface area contributed by atoms with Crippen LogP contribution in [0.4, 0.5) is 5.82 Å². The van der Waals surface area contributed by atoms with Crippen LogP contribution < -0.4 is 10.5 Å². The number of benzene rings is 1. The molecule has 0 aliphatic heterocycles. The minimum Gasteiger partial charge on any atom is -0.469 e. The maximum atomic E-state index is 12.1. The van der Waals surface area contributed by atoms with Crippen LogP contribution in [0.15, 0.2) is 55.1 Å². The van der Waals surface area contributed by atoms with Crippen molar-refractivity contribution < 1.29 is 19.0 Å². The lowest BCUT2D eigenvalue weighted by Crippen LogP contribution is -2.22. The number of nitrogen functional groups attached to an aromatic ring is 1. The highest BCUT2D eigenvalue weighted by atomic mass is 35.5. The van der Waals surface area contributed by atoms with Crippen LogP contribution in [0, 0.1) is 6.92 Å². The van der Waals surface area contributed by atoms with E-state index in [0.29, 0.717) is 40.8 Å². The molecule has 0 amide bonds. The molecule has 13 heteroatoms. The van der Waals surface area contributed by atoms with Gasteiger partial charge in [-0.2, -0.15) is 0 Å².